The first-order valence-electron chi connectivity index (χ1n) is 7.95. The number of rotatable bonds is 6. The van der Waals surface area contributed by atoms with Crippen molar-refractivity contribution in [3.8, 4) is 22.9 Å². The minimum absolute atomic E-state index is 0. The minimum atomic E-state index is 0. The maximum atomic E-state index is 5.93. The van der Waals surface area contributed by atoms with Gasteiger partial charge in [-0.15, -0.1) is 24.0 Å². The van der Waals surface area contributed by atoms with Crippen LogP contribution in [0.1, 0.15) is 5.82 Å². The Balaban J connectivity index is 0.00000261. The van der Waals surface area contributed by atoms with Crippen molar-refractivity contribution in [2.24, 2.45) is 10.7 Å². The number of anilines is 1. The Hall–Kier alpha value is -2.82. The van der Waals surface area contributed by atoms with E-state index in [9.17, 15) is 0 Å². The minimum Gasteiger partial charge on any atom is -0.497 e. The second kappa shape index (κ2) is 9.76. The molecule has 1 heterocycles. The Morgan fingerprint density at radius 1 is 1.11 bits per heavy atom. The number of para-hydroxylation sites is 2. The number of halogens is 1. The zero-order valence-electron chi connectivity index (χ0n) is 15.0. The molecule has 0 aliphatic carbocycles. The monoisotopic (exact) mass is 480 g/mol. The average molecular weight is 480 g/mol. The number of hydrogen-bond acceptors (Lipinski definition) is 5. The lowest BCUT2D eigenvalue weighted by Crippen LogP contribution is -2.23. The van der Waals surface area contributed by atoms with Crippen LogP contribution in [0.4, 0.5) is 5.69 Å². The first-order valence-corrected chi connectivity index (χ1v) is 7.95. The summed E-state index contributed by atoms with van der Waals surface area (Å²) < 4.78 is 10.4. The molecule has 9 heteroatoms. The lowest BCUT2D eigenvalue weighted by Gasteiger charge is -2.09. The summed E-state index contributed by atoms with van der Waals surface area (Å²) in [4.78, 5) is 8.70. The van der Waals surface area contributed by atoms with Crippen molar-refractivity contribution in [2.45, 2.75) is 6.54 Å². The van der Waals surface area contributed by atoms with Gasteiger partial charge in [0, 0.05) is 5.56 Å². The van der Waals surface area contributed by atoms with Gasteiger partial charge in [0.1, 0.15) is 23.9 Å². The summed E-state index contributed by atoms with van der Waals surface area (Å²) in [5.41, 5.74) is 7.56. The van der Waals surface area contributed by atoms with Crippen molar-refractivity contribution in [1.82, 2.24) is 15.2 Å². The van der Waals surface area contributed by atoms with Gasteiger partial charge in [0.15, 0.2) is 11.8 Å². The van der Waals surface area contributed by atoms with E-state index in [4.69, 9.17) is 15.2 Å². The second-order valence-corrected chi connectivity index (χ2v) is 5.36. The SMILES string of the molecule is COc1ccc(-c2n[nH]c(CN=C(N)Nc3ccccc3OC)n2)cc1.I. The van der Waals surface area contributed by atoms with E-state index in [1.54, 1.807) is 14.2 Å². The maximum absolute atomic E-state index is 5.93. The van der Waals surface area contributed by atoms with Gasteiger partial charge in [-0.1, -0.05) is 12.1 Å². The normalized spacial score (nSPS) is 10.8. The summed E-state index contributed by atoms with van der Waals surface area (Å²) in [6, 6.07) is 15.0. The molecule has 2 aromatic carbocycles. The van der Waals surface area contributed by atoms with Crippen LogP contribution < -0.4 is 20.5 Å². The topological polar surface area (TPSA) is 110 Å². The Labute approximate surface area is 174 Å². The number of H-pyrrole nitrogens is 1. The number of guanidine groups is 1. The third-order valence-electron chi connectivity index (χ3n) is 3.65. The summed E-state index contributed by atoms with van der Waals surface area (Å²) in [5, 5.41) is 10.1. The molecule has 0 radical (unpaired) electrons. The number of aromatic nitrogens is 3. The Kier molecular flexibility index (Phi) is 7.41. The predicted molar refractivity (Wildman–Crippen MR) is 116 cm³/mol. The van der Waals surface area contributed by atoms with Crippen LogP contribution in [0.2, 0.25) is 0 Å². The van der Waals surface area contributed by atoms with E-state index in [-0.39, 0.29) is 36.5 Å². The molecule has 0 fully saturated rings. The van der Waals surface area contributed by atoms with Gasteiger partial charge in [-0.2, -0.15) is 5.10 Å². The van der Waals surface area contributed by atoms with Crippen molar-refractivity contribution in [3.05, 3.63) is 54.4 Å². The molecule has 4 N–H and O–H groups in total. The van der Waals surface area contributed by atoms with Gasteiger partial charge in [0.2, 0.25) is 0 Å². The highest BCUT2D eigenvalue weighted by molar-refractivity contribution is 14.0. The molecule has 0 aliphatic rings. The fourth-order valence-corrected chi connectivity index (χ4v) is 2.32. The van der Waals surface area contributed by atoms with Gasteiger partial charge in [-0.05, 0) is 36.4 Å². The van der Waals surface area contributed by atoms with Gasteiger partial charge in [-0.3, -0.25) is 5.10 Å². The molecule has 8 nitrogen and oxygen atoms in total. The van der Waals surface area contributed by atoms with E-state index in [0.717, 1.165) is 17.0 Å². The van der Waals surface area contributed by atoms with Gasteiger partial charge in [0.25, 0.3) is 0 Å². The molecule has 0 atom stereocenters. The maximum Gasteiger partial charge on any atom is 0.193 e. The molecule has 142 valence electrons. The molecule has 27 heavy (non-hydrogen) atoms. The van der Waals surface area contributed by atoms with Crippen LogP contribution in [0.5, 0.6) is 11.5 Å². The Morgan fingerprint density at radius 3 is 2.56 bits per heavy atom. The summed E-state index contributed by atoms with van der Waals surface area (Å²) in [5.74, 6) is 2.93. The van der Waals surface area contributed by atoms with E-state index < -0.39 is 0 Å². The van der Waals surface area contributed by atoms with Crippen LogP contribution >= 0.6 is 24.0 Å². The zero-order chi connectivity index (χ0) is 18.4. The van der Waals surface area contributed by atoms with Crippen molar-refractivity contribution >= 4 is 35.6 Å². The Morgan fingerprint density at radius 2 is 1.85 bits per heavy atom. The van der Waals surface area contributed by atoms with Crippen LogP contribution in [0.25, 0.3) is 11.4 Å². The first-order chi connectivity index (χ1) is 12.7. The number of benzene rings is 2. The van der Waals surface area contributed by atoms with Gasteiger partial charge >= 0.3 is 0 Å². The van der Waals surface area contributed by atoms with Crippen LogP contribution in [0.3, 0.4) is 0 Å². The fraction of sp³-hybridized carbons (Fsp3) is 0.167. The number of hydrogen-bond donors (Lipinski definition) is 3. The number of methoxy groups -OCH3 is 2. The van der Waals surface area contributed by atoms with Crippen molar-refractivity contribution in [3.63, 3.8) is 0 Å². The molecule has 3 rings (SSSR count). The first kappa shape index (κ1) is 20.5. The van der Waals surface area contributed by atoms with Crippen molar-refractivity contribution < 1.29 is 9.47 Å². The molecule has 0 amide bonds. The van der Waals surface area contributed by atoms with E-state index in [1.165, 1.54) is 0 Å². The molecule has 0 saturated carbocycles. The number of nitrogens with two attached hydrogens (primary N) is 1. The number of aromatic amines is 1. The standard InChI is InChI=1S/C18H20N6O2.HI/c1-25-13-9-7-12(8-10-13)17-22-16(23-24-17)11-20-18(19)21-14-5-3-4-6-15(14)26-2;/h3-10H,11H2,1-2H3,(H3,19,20,21)(H,22,23,24);1H. The quantitative estimate of drug-likeness (QED) is 0.284. The zero-order valence-corrected chi connectivity index (χ0v) is 17.3. The van der Waals surface area contributed by atoms with Crippen molar-refractivity contribution in [2.75, 3.05) is 19.5 Å². The number of ether oxygens (including phenoxy) is 2. The third-order valence-corrected chi connectivity index (χ3v) is 3.65. The van der Waals surface area contributed by atoms with Crippen LogP contribution in [0.15, 0.2) is 53.5 Å². The predicted octanol–water partition coefficient (Wildman–Crippen LogP) is 3.03. The molecule has 0 bridgehead atoms. The van der Waals surface area contributed by atoms with Gasteiger partial charge < -0.3 is 20.5 Å². The second-order valence-electron chi connectivity index (χ2n) is 5.36. The van der Waals surface area contributed by atoms with E-state index in [0.29, 0.717) is 17.4 Å². The smallest absolute Gasteiger partial charge is 0.193 e. The highest BCUT2D eigenvalue weighted by Crippen LogP contribution is 2.22. The highest BCUT2D eigenvalue weighted by atomic mass is 127. The molecule has 0 saturated heterocycles. The number of aliphatic imine (C=N–C) groups is 1. The summed E-state index contributed by atoms with van der Waals surface area (Å²) in [7, 11) is 3.23. The molecule has 0 unspecified atom stereocenters. The van der Waals surface area contributed by atoms with Crippen molar-refractivity contribution in [1.29, 1.82) is 0 Å². The van der Waals surface area contributed by atoms with Crippen LogP contribution in [0, 0.1) is 0 Å². The molecule has 0 aliphatic heterocycles. The van der Waals surface area contributed by atoms with E-state index >= 15 is 0 Å². The average Bonchev–Trinajstić information content (AvgIpc) is 3.16. The lowest BCUT2D eigenvalue weighted by atomic mass is 10.2. The van der Waals surface area contributed by atoms with Crippen LogP contribution in [-0.4, -0.2) is 35.4 Å². The van der Waals surface area contributed by atoms with Gasteiger partial charge in [0.05, 0.1) is 19.9 Å². The number of nitrogens with zero attached hydrogens (tertiary/aromatic N) is 3. The van der Waals surface area contributed by atoms with Crippen LogP contribution in [-0.2, 0) is 6.54 Å². The summed E-state index contributed by atoms with van der Waals surface area (Å²) in [6.07, 6.45) is 0. The molecule has 3 aromatic rings. The van der Waals surface area contributed by atoms with E-state index in [2.05, 4.69) is 25.5 Å². The van der Waals surface area contributed by atoms with E-state index in [1.807, 2.05) is 48.5 Å². The summed E-state index contributed by atoms with van der Waals surface area (Å²) in [6.45, 7) is 0.275. The Bertz CT molecular complexity index is 895. The molecule has 0 spiro atoms. The highest BCUT2D eigenvalue weighted by Gasteiger charge is 2.07. The molecular formula is C18H21IN6O2. The largest absolute Gasteiger partial charge is 0.497 e. The number of nitrogens with one attached hydrogen (secondary N) is 2. The lowest BCUT2D eigenvalue weighted by molar-refractivity contribution is 0.415. The van der Waals surface area contributed by atoms with Gasteiger partial charge in [-0.25, -0.2) is 9.98 Å². The molecular weight excluding hydrogens is 459 g/mol. The summed E-state index contributed by atoms with van der Waals surface area (Å²) >= 11 is 0. The molecule has 1 aromatic heterocycles. The third kappa shape index (κ3) is 5.33. The fourth-order valence-electron chi connectivity index (χ4n) is 2.32.